The lowest BCUT2D eigenvalue weighted by Gasteiger charge is -2.12. The average molecular weight is 417 g/mol. The quantitative estimate of drug-likeness (QED) is 0.494. The second-order valence-electron chi connectivity index (χ2n) is 7.76. The normalized spacial score (nSPS) is 15.5. The zero-order chi connectivity index (χ0) is 21.4. The predicted molar refractivity (Wildman–Crippen MR) is 123 cm³/mol. The molecule has 0 aliphatic carbocycles. The molecule has 2 aromatic carbocycles. The molecule has 1 saturated heterocycles. The Balaban J connectivity index is 1.65. The SMILES string of the molecule is Cc1cc(C)cc(-n2c(C)cc(/C=C3\SC(=O)N(Cc4ccccc4)C3=O)c2C)c1. The number of hydrogen-bond acceptors (Lipinski definition) is 3. The van der Waals surface area contributed by atoms with Crippen LogP contribution in [-0.2, 0) is 11.3 Å². The van der Waals surface area contributed by atoms with Crippen molar-refractivity contribution in [2.24, 2.45) is 0 Å². The number of carbonyl (C=O) groups excluding carboxylic acids is 2. The third-order valence-corrected chi connectivity index (χ3v) is 6.19. The number of rotatable bonds is 4. The fraction of sp³-hybridized carbons (Fsp3) is 0.200. The molecular formula is C25H24N2O2S. The summed E-state index contributed by atoms with van der Waals surface area (Å²) in [6.07, 6.45) is 1.84. The van der Waals surface area contributed by atoms with Crippen LogP contribution < -0.4 is 0 Å². The topological polar surface area (TPSA) is 42.3 Å². The third kappa shape index (κ3) is 3.85. The van der Waals surface area contributed by atoms with Crippen LogP contribution in [0.25, 0.3) is 11.8 Å². The van der Waals surface area contributed by atoms with Crippen molar-refractivity contribution in [3.05, 3.63) is 93.1 Å². The predicted octanol–water partition coefficient (Wildman–Crippen LogP) is 5.95. The van der Waals surface area contributed by atoms with Crippen molar-refractivity contribution in [1.29, 1.82) is 0 Å². The first-order valence-electron chi connectivity index (χ1n) is 9.90. The van der Waals surface area contributed by atoms with E-state index < -0.39 is 0 Å². The van der Waals surface area contributed by atoms with Gasteiger partial charge in [-0.3, -0.25) is 14.5 Å². The molecule has 1 aromatic heterocycles. The molecular weight excluding hydrogens is 392 g/mol. The fourth-order valence-electron chi connectivity index (χ4n) is 3.95. The van der Waals surface area contributed by atoms with Crippen LogP contribution in [0.4, 0.5) is 4.79 Å². The van der Waals surface area contributed by atoms with E-state index in [0.29, 0.717) is 11.4 Å². The summed E-state index contributed by atoms with van der Waals surface area (Å²) in [6, 6.07) is 18.1. The van der Waals surface area contributed by atoms with E-state index in [4.69, 9.17) is 0 Å². The third-order valence-electron chi connectivity index (χ3n) is 5.28. The summed E-state index contributed by atoms with van der Waals surface area (Å²) >= 11 is 1.01. The van der Waals surface area contributed by atoms with Crippen LogP contribution in [0.5, 0.6) is 0 Å². The van der Waals surface area contributed by atoms with E-state index >= 15 is 0 Å². The van der Waals surface area contributed by atoms with E-state index in [1.165, 1.54) is 16.0 Å². The largest absolute Gasteiger partial charge is 0.318 e. The van der Waals surface area contributed by atoms with Crippen molar-refractivity contribution >= 4 is 29.0 Å². The number of nitrogens with zero attached hydrogens (tertiary/aromatic N) is 2. The number of benzene rings is 2. The molecule has 0 unspecified atom stereocenters. The maximum absolute atomic E-state index is 12.9. The molecule has 3 aromatic rings. The van der Waals surface area contributed by atoms with Crippen LogP contribution in [0.3, 0.4) is 0 Å². The van der Waals surface area contributed by atoms with Crippen LogP contribution in [0.2, 0.25) is 0 Å². The van der Waals surface area contributed by atoms with E-state index in [-0.39, 0.29) is 11.1 Å². The smallest absolute Gasteiger partial charge is 0.293 e. The summed E-state index contributed by atoms with van der Waals surface area (Å²) in [5, 5.41) is -0.224. The highest BCUT2D eigenvalue weighted by Crippen LogP contribution is 2.34. The molecule has 0 N–H and O–H groups in total. The van der Waals surface area contributed by atoms with Crippen LogP contribution in [-0.4, -0.2) is 20.6 Å². The highest BCUT2D eigenvalue weighted by atomic mass is 32.2. The molecule has 4 nitrogen and oxygen atoms in total. The van der Waals surface area contributed by atoms with Gasteiger partial charge in [-0.1, -0.05) is 36.4 Å². The van der Waals surface area contributed by atoms with E-state index in [9.17, 15) is 9.59 Å². The molecule has 2 amide bonds. The molecule has 0 saturated carbocycles. The van der Waals surface area contributed by atoms with Crippen molar-refractivity contribution in [1.82, 2.24) is 9.47 Å². The molecule has 1 aliphatic rings. The number of carbonyl (C=O) groups is 2. The Labute approximate surface area is 181 Å². The van der Waals surface area contributed by atoms with Gasteiger partial charge in [0.25, 0.3) is 11.1 Å². The molecule has 0 atom stereocenters. The van der Waals surface area contributed by atoms with Crippen molar-refractivity contribution in [3.8, 4) is 5.69 Å². The highest BCUT2D eigenvalue weighted by Gasteiger charge is 2.35. The maximum atomic E-state index is 12.9. The van der Waals surface area contributed by atoms with Gasteiger partial charge >= 0.3 is 0 Å². The number of aryl methyl sites for hydroxylation is 3. The summed E-state index contributed by atoms with van der Waals surface area (Å²) in [7, 11) is 0. The maximum Gasteiger partial charge on any atom is 0.293 e. The van der Waals surface area contributed by atoms with Gasteiger partial charge in [-0.05, 0) is 86.0 Å². The minimum Gasteiger partial charge on any atom is -0.318 e. The van der Waals surface area contributed by atoms with Gasteiger partial charge in [0.15, 0.2) is 0 Å². The summed E-state index contributed by atoms with van der Waals surface area (Å²) in [5.74, 6) is -0.231. The van der Waals surface area contributed by atoms with E-state index in [2.05, 4.69) is 49.6 Å². The Kier molecular flexibility index (Phi) is 5.39. The van der Waals surface area contributed by atoms with Crippen molar-refractivity contribution in [3.63, 3.8) is 0 Å². The van der Waals surface area contributed by atoms with Crippen molar-refractivity contribution in [2.45, 2.75) is 34.2 Å². The number of imide groups is 1. The Morgan fingerprint density at radius 3 is 2.23 bits per heavy atom. The van der Waals surface area contributed by atoms with Crippen molar-refractivity contribution < 1.29 is 9.59 Å². The van der Waals surface area contributed by atoms with Gasteiger partial charge < -0.3 is 4.57 Å². The lowest BCUT2D eigenvalue weighted by Crippen LogP contribution is -2.27. The zero-order valence-electron chi connectivity index (χ0n) is 17.6. The monoisotopic (exact) mass is 416 g/mol. The van der Waals surface area contributed by atoms with E-state index in [0.717, 1.165) is 40.0 Å². The molecule has 152 valence electrons. The highest BCUT2D eigenvalue weighted by molar-refractivity contribution is 8.18. The second kappa shape index (κ2) is 8.00. The van der Waals surface area contributed by atoms with Gasteiger partial charge in [0.2, 0.25) is 0 Å². The molecule has 1 fully saturated rings. The molecule has 2 heterocycles. The van der Waals surface area contributed by atoms with Gasteiger partial charge in [-0.15, -0.1) is 0 Å². The van der Waals surface area contributed by atoms with Gasteiger partial charge in [0.1, 0.15) is 0 Å². The van der Waals surface area contributed by atoms with E-state index in [1.807, 2.05) is 43.3 Å². The van der Waals surface area contributed by atoms with Gasteiger partial charge in [0.05, 0.1) is 11.4 Å². The molecule has 5 heteroatoms. The van der Waals surface area contributed by atoms with E-state index in [1.54, 1.807) is 0 Å². The number of hydrogen-bond donors (Lipinski definition) is 0. The van der Waals surface area contributed by atoms with Gasteiger partial charge in [-0.2, -0.15) is 0 Å². The standard InChI is InChI=1S/C25H24N2O2S/c1-16-10-17(2)12-22(11-16)27-18(3)13-21(19(27)4)14-23-24(28)26(25(29)30-23)15-20-8-6-5-7-9-20/h5-14H,15H2,1-4H3/b23-14-. The Morgan fingerprint density at radius 2 is 1.57 bits per heavy atom. The first-order chi connectivity index (χ1) is 14.3. The Hall–Kier alpha value is -3.05. The number of aromatic nitrogens is 1. The Morgan fingerprint density at radius 1 is 0.900 bits per heavy atom. The minimum atomic E-state index is -0.231. The zero-order valence-corrected chi connectivity index (χ0v) is 18.4. The molecule has 4 rings (SSSR count). The number of amides is 2. The van der Waals surface area contributed by atoms with Crippen LogP contribution in [0, 0.1) is 27.7 Å². The molecule has 0 bridgehead atoms. The first kappa shape index (κ1) is 20.2. The first-order valence-corrected chi connectivity index (χ1v) is 10.7. The van der Waals surface area contributed by atoms with Crippen LogP contribution in [0.1, 0.15) is 33.6 Å². The van der Waals surface area contributed by atoms with Crippen LogP contribution in [0.15, 0.2) is 59.5 Å². The van der Waals surface area contributed by atoms with Crippen LogP contribution >= 0.6 is 11.8 Å². The molecule has 0 radical (unpaired) electrons. The van der Waals surface area contributed by atoms with Crippen molar-refractivity contribution in [2.75, 3.05) is 0 Å². The van der Waals surface area contributed by atoms with Gasteiger partial charge in [-0.25, -0.2) is 0 Å². The van der Waals surface area contributed by atoms with Gasteiger partial charge in [0, 0.05) is 17.1 Å². The molecule has 30 heavy (non-hydrogen) atoms. The summed E-state index contributed by atoms with van der Waals surface area (Å²) < 4.78 is 2.19. The second-order valence-corrected chi connectivity index (χ2v) is 8.75. The summed E-state index contributed by atoms with van der Waals surface area (Å²) in [5.41, 5.74) is 7.56. The summed E-state index contributed by atoms with van der Waals surface area (Å²) in [4.78, 5) is 27.1. The molecule has 1 aliphatic heterocycles. The molecule has 0 spiro atoms. The Bertz CT molecular complexity index is 1160. The summed E-state index contributed by atoms with van der Waals surface area (Å²) in [6.45, 7) is 8.58. The lowest BCUT2D eigenvalue weighted by molar-refractivity contribution is -0.123. The number of thioether (sulfide) groups is 1. The average Bonchev–Trinajstić information content (AvgIpc) is 3.11. The minimum absolute atomic E-state index is 0.224. The lowest BCUT2D eigenvalue weighted by atomic mass is 10.1. The fourth-order valence-corrected chi connectivity index (χ4v) is 4.78.